The predicted octanol–water partition coefficient (Wildman–Crippen LogP) is 1.96. The van der Waals surface area contributed by atoms with Crippen molar-refractivity contribution in [1.29, 1.82) is 0 Å². The molecule has 0 bridgehead atoms. The molecule has 1 N–H and O–H groups in total. The molecule has 1 amide bonds. The zero-order valence-electron chi connectivity index (χ0n) is 13.5. The van der Waals surface area contributed by atoms with Gasteiger partial charge in [0.25, 0.3) is 5.91 Å². The van der Waals surface area contributed by atoms with Crippen LogP contribution in [-0.4, -0.2) is 28.9 Å². The number of ether oxygens (including phenoxy) is 2. The lowest BCUT2D eigenvalue weighted by Crippen LogP contribution is -2.26. The van der Waals surface area contributed by atoms with E-state index in [1.165, 1.54) is 4.68 Å². The van der Waals surface area contributed by atoms with E-state index in [1.807, 2.05) is 6.07 Å². The van der Waals surface area contributed by atoms with Gasteiger partial charge >= 0.3 is 0 Å². The molecule has 7 nitrogen and oxygen atoms in total. The molecule has 25 heavy (non-hydrogen) atoms. The summed E-state index contributed by atoms with van der Waals surface area (Å²) in [6, 6.07) is 12.1. The normalized spacial score (nSPS) is 12.8. The number of fused-ring (bicyclic) bond motifs is 2. The van der Waals surface area contributed by atoms with Gasteiger partial charge in [-0.15, -0.1) is 0 Å². The molecular weight excluding hydrogens is 322 g/mol. The van der Waals surface area contributed by atoms with Crippen LogP contribution < -0.4 is 20.2 Å². The molecule has 0 radical (unpaired) electrons. The summed E-state index contributed by atoms with van der Waals surface area (Å²) < 4.78 is 12.5. The summed E-state index contributed by atoms with van der Waals surface area (Å²) in [4.78, 5) is 25.1. The molecule has 7 heteroatoms. The SMILES string of the molecule is Cn1nc(C(=O)Nc2ccc3c(c2)OCCO3)c(=O)c2ccccc21. The maximum atomic E-state index is 12.6. The Morgan fingerprint density at radius 3 is 2.72 bits per heavy atom. The summed E-state index contributed by atoms with van der Waals surface area (Å²) in [5.41, 5.74) is 0.620. The largest absolute Gasteiger partial charge is 0.486 e. The van der Waals surface area contributed by atoms with Crippen molar-refractivity contribution in [3.05, 3.63) is 58.4 Å². The van der Waals surface area contributed by atoms with Crippen LogP contribution in [0.25, 0.3) is 10.9 Å². The van der Waals surface area contributed by atoms with Crippen molar-refractivity contribution in [2.45, 2.75) is 0 Å². The average Bonchev–Trinajstić information content (AvgIpc) is 2.64. The van der Waals surface area contributed by atoms with Gasteiger partial charge in [-0.25, -0.2) is 0 Å². The Balaban J connectivity index is 1.69. The monoisotopic (exact) mass is 337 g/mol. The number of benzene rings is 2. The topological polar surface area (TPSA) is 82.5 Å². The highest BCUT2D eigenvalue weighted by Crippen LogP contribution is 2.32. The Morgan fingerprint density at radius 1 is 1.12 bits per heavy atom. The first-order valence-electron chi connectivity index (χ1n) is 7.80. The zero-order valence-corrected chi connectivity index (χ0v) is 13.5. The molecule has 1 aromatic heterocycles. The first kappa shape index (κ1) is 15.2. The third-order valence-electron chi connectivity index (χ3n) is 3.98. The molecule has 0 atom stereocenters. The van der Waals surface area contributed by atoms with E-state index in [2.05, 4.69) is 10.4 Å². The molecule has 2 heterocycles. The smallest absolute Gasteiger partial charge is 0.280 e. The number of carbonyl (C=O) groups is 1. The van der Waals surface area contributed by atoms with Crippen molar-refractivity contribution < 1.29 is 14.3 Å². The lowest BCUT2D eigenvalue weighted by atomic mass is 10.2. The van der Waals surface area contributed by atoms with Crippen molar-refractivity contribution in [2.75, 3.05) is 18.5 Å². The van der Waals surface area contributed by atoms with Crippen molar-refractivity contribution in [3.63, 3.8) is 0 Å². The lowest BCUT2D eigenvalue weighted by molar-refractivity contribution is 0.101. The van der Waals surface area contributed by atoms with E-state index in [1.54, 1.807) is 43.4 Å². The molecule has 1 aliphatic heterocycles. The van der Waals surface area contributed by atoms with Gasteiger partial charge in [0.05, 0.1) is 5.52 Å². The summed E-state index contributed by atoms with van der Waals surface area (Å²) in [5.74, 6) is 0.621. The van der Waals surface area contributed by atoms with Gasteiger partial charge in [0.2, 0.25) is 5.43 Å². The van der Waals surface area contributed by atoms with Gasteiger partial charge in [0.1, 0.15) is 13.2 Å². The highest BCUT2D eigenvalue weighted by Gasteiger charge is 2.18. The van der Waals surface area contributed by atoms with Gasteiger partial charge < -0.3 is 14.8 Å². The highest BCUT2D eigenvalue weighted by atomic mass is 16.6. The minimum Gasteiger partial charge on any atom is -0.486 e. The number of aryl methyl sites for hydroxylation is 1. The summed E-state index contributed by atoms with van der Waals surface area (Å²) >= 11 is 0. The van der Waals surface area contributed by atoms with Crippen LogP contribution in [0.3, 0.4) is 0 Å². The van der Waals surface area contributed by atoms with Gasteiger partial charge in [-0.05, 0) is 24.3 Å². The van der Waals surface area contributed by atoms with Crippen LogP contribution in [-0.2, 0) is 7.05 Å². The van der Waals surface area contributed by atoms with Gasteiger partial charge in [-0.3, -0.25) is 14.3 Å². The van der Waals surface area contributed by atoms with Gasteiger partial charge in [0, 0.05) is 24.2 Å². The third kappa shape index (κ3) is 2.69. The highest BCUT2D eigenvalue weighted by molar-refractivity contribution is 6.04. The van der Waals surface area contributed by atoms with E-state index in [-0.39, 0.29) is 5.69 Å². The summed E-state index contributed by atoms with van der Waals surface area (Å²) in [6.45, 7) is 0.951. The fourth-order valence-electron chi connectivity index (χ4n) is 2.78. The minimum absolute atomic E-state index is 0.156. The number of rotatable bonds is 2. The number of hydrogen-bond acceptors (Lipinski definition) is 5. The Hall–Kier alpha value is -3.35. The quantitative estimate of drug-likeness (QED) is 0.773. The second-order valence-electron chi connectivity index (χ2n) is 5.63. The average molecular weight is 337 g/mol. The van der Waals surface area contributed by atoms with Crippen molar-refractivity contribution in [2.24, 2.45) is 7.05 Å². The molecule has 4 rings (SSSR count). The Morgan fingerprint density at radius 2 is 1.88 bits per heavy atom. The van der Waals surface area contributed by atoms with Crippen LogP contribution in [0.15, 0.2) is 47.3 Å². The summed E-state index contributed by atoms with van der Waals surface area (Å²) in [5, 5.41) is 7.26. The molecule has 0 fully saturated rings. The van der Waals surface area contributed by atoms with E-state index in [0.29, 0.717) is 41.3 Å². The van der Waals surface area contributed by atoms with Crippen molar-refractivity contribution in [3.8, 4) is 11.5 Å². The molecule has 0 saturated heterocycles. The van der Waals surface area contributed by atoms with Crippen LogP contribution in [0.2, 0.25) is 0 Å². The van der Waals surface area contributed by atoms with E-state index < -0.39 is 11.3 Å². The summed E-state index contributed by atoms with van der Waals surface area (Å²) in [7, 11) is 1.70. The molecule has 3 aromatic rings. The van der Waals surface area contributed by atoms with Crippen LogP contribution in [0.4, 0.5) is 5.69 Å². The second-order valence-corrected chi connectivity index (χ2v) is 5.63. The van der Waals surface area contributed by atoms with Crippen molar-refractivity contribution in [1.82, 2.24) is 9.78 Å². The molecule has 2 aromatic carbocycles. The number of anilines is 1. The molecule has 0 aliphatic carbocycles. The predicted molar refractivity (Wildman–Crippen MR) is 92.4 cm³/mol. The van der Waals surface area contributed by atoms with Gasteiger partial charge in [0.15, 0.2) is 17.2 Å². The molecule has 0 saturated carbocycles. The number of hydrogen-bond donors (Lipinski definition) is 1. The first-order chi connectivity index (χ1) is 12.1. The van der Waals surface area contributed by atoms with E-state index in [0.717, 1.165) is 0 Å². The first-order valence-corrected chi connectivity index (χ1v) is 7.80. The number of nitrogens with zero attached hydrogens (tertiary/aromatic N) is 2. The van der Waals surface area contributed by atoms with Gasteiger partial charge in [-0.1, -0.05) is 12.1 Å². The maximum Gasteiger partial charge on any atom is 0.280 e. The lowest BCUT2D eigenvalue weighted by Gasteiger charge is -2.19. The molecular formula is C18H15N3O4. The third-order valence-corrected chi connectivity index (χ3v) is 3.98. The Kier molecular flexibility index (Phi) is 3.61. The van der Waals surface area contributed by atoms with Gasteiger partial charge in [-0.2, -0.15) is 5.10 Å². The van der Waals surface area contributed by atoms with Crippen LogP contribution in [0.5, 0.6) is 11.5 Å². The van der Waals surface area contributed by atoms with Crippen LogP contribution in [0, 0.1) is 0 Å². The molecule has 0 unspecified atom stereocenters. The number of para-hydroxylation sites is 1. The maximum absolute atomic E-state index is 12.6. The van der Waals surface area contributed by atoms with Crippen molar-refractivity contribution >= 4 is 22.5 Å². The van der Waals surface area contributed by atoms with E-state index >= 15 is 0 Å². The molecule has 126 valence electrons. The van der Waals surface area contributed by atoms with E-state index in [9.17, 15) is 9.59 Å². The standard InChI is InChI=1S/C18H15N3O4/c1-21-13-5-3-2-4-12(13)17(22)16(20-21)18(23)19-11-6-7-14-15(10-11)25-9-8-24-14/h2-7,10H,8-9H2,1H3,(H,19,23). The second kappa shape index (κ2) is 5.94. The molecule has 1 aliphatic rings. The van der Waals surface area contributed by atoms with E-state index in [4.69, 9.17) is 9.47 Å². The number of nitrogens with one attached hydrogen (secondary N) is 1. The number of aromatic nitrogens is 2. The molecule has 0 spiro atoms. The van der Waals surface area contributed by atoms with Crippen LogP contribution in [0.1, 0.15) is 10.5 Å². The fraction of sp³-hybridized carbons (Fsp3) is 0.167. The number of carbonyl (C=O) groups excluding carboxylic acids is 1. The Bertz CT molecular complexity index is 1040. The summed E-state index contributed by atoms with van der Waals surface area (Å²) in [6.07, 6.45) is 0. The fourth-order valence-corrected chi connectivity index (χ4v) is 2.78. The Labute approximate surface area is 142 Å². The number of amides is 1. The van der Waals surface area contributed by atoms with Crippen LogP contribution >= 0.6 is 0 Å². The minimum atomic E-state index is -0.567. The zero-order chi connectivity index (χ0) is 17.4.